The van der Waals surface area contributed by atoms with E-state index in [1.807, 2.05) is 13.0 Å². The Labute approximate surface area is 175 Å². The van der Waals surface area contributed by atoms with Crippen molar-refractivity contribution in [2.45, 2.75) is 84.0 Å². The molecule has 1 aromatic rings. The van der Waals surface area contributed by atoms with Crippen LogP contribution in [0.2, 0.25) is 0 Å². The number of allylic oxidation sites excluding steroid dienone is 2. The van der Waals surface area contributed by atoms with Crippen LogP contribution in [0.4, 0.5) is 0 Å². The lowest BCUT2D eigenvalue weighted by atomic mass is 9.72. The molecule has 0 unspecified atom stereocenters. The number of phenolic OH excluding ortho intramolecular Hbond substituents is 2. The molecule has 3 N–H and O–H groups in total. The molecule has 0 saturated carbocycles. The van der Waals surface area contributed by atoms with E-state index in [2.05, 4.69) is 27.4 Å². The van der Waals surface area contributed by atoms with Crippen molar-refractivity contribution in [1.82, 2.24) is 0 Å². The number of hydrogen-bond donors (Lipinski definition) is 3. The summed E-state index contributed by atoms with van der Waals surface area (Å²) < 4.78 is 0. The highest BCUT2D eigenvalue weighted by atomic mass is 16.4. The van der Waals surface area contributed by atoms with Crippen molar-refractivity contribution in [3.05, 3.63) is 47.1 Å². The third kappa shape index (κ3) is 5.43. The van der Waals surface area contributed by atoms with Crippen LogP contribution in [0.1, 0.15) is 89.7 Å². The van der Waals surface area contributed by atoms with Gasteiger partial charge in [0.2, 0.25) is 0 Å². The number of carboxylic acids is 1. The van der Waals surface area contributed by atoms with Crippen molar-refractivity contribution in [3.63, 3.8) is 0 Å². The summed E-state index contributed by atoms with van der Waals surface area (Å²) in [6, 6.07) is 3.49. The quantitative estimate of drug-likeness (QED) is 0.254. The largest absolute Gasteiger partial charge is 0.507 e. The number of unbranched alkanes of at least 4 members (excludes halogenated alkanes) is 3. The standard InChI is InChI=1S/C25H36O4/c1-6-7-8-9-12-25(4,5)18-14-21(26)23(22(27)15-18)20-13-16(2)10-11-19(20)17(3)24(28)29/h13-15,19-20,26-27H,3,6-12H2,1-2,4-5H3,(H,28,29)/t19-,20+/m0/s1. The van der Waals surface area contributed by atoms with Gasteiger partial charge in [0.15, 0.2) is 0 Å². The maximum Gasteiger partial charge on any atom is 0.331 e. The SMILES string of the molecule is C=C(C(=O)O)[C@@H]1CCC(C)=C[C@H]1c1c(O)cc(C(C)(C)CCCCCC)cc1O. The van der Waals surface area contributed by atoms with Crippen molar-refractivity contribution in [2.75, 3.05) is 0 Å². The Balaban J connectivity index is 2.37. The molecule has 0 spiro atoms. The number of aromatic hydroxyl groups is 2. The molecule has 2 atom stereocenters. The molecule has 4 heteroatoms. The fourth-order valence-electron chi connectivity index (χ4n) is 4.40. The molecule has 0 amide bonds. The highest BCUT2D eigenvalue weighted by Gasteiger charge is 2.34. The van der Waals surface area contributed by atoms with E-state index in [4.69, 9.17) is 0 Å². The fourth-order valence-corrected chi connectivity index (χ4v) is 4.40. The molecule has 0 aromatic heterocycles. The van der Waals surface area contributed by atoms with Crippen molar-refractivity contribution < 1.29 is 20.1 Å². The Morgan fingerprint density at radius 2 is 1.79 bits per heavy atom. The van der Waals surface area contributed by atoms with E-state index in [-0.39, 0.29) is 28.4 Å². The van der Waals surface area contributed by atoms with Crippen LogP contribution in [0.5, 0.6) is 11.5 Å². The second-order valence-corrected chi connectivity index (χ2v) is 9.14. The number of rotatable bonds is 9. The molecule has 160 valence electrons. The highest BCUT2D eigenvalue weighted by molar-refractivity contribution is 5.86. The second-order valence-electron chi connectivity index (χ2n) is 9.14. The normalized spacial score (nSPS) is 19.7. The summed E-state index contributed by atoms with van der Waals surface area (Å²) in [5, 5.41) is 31.1. The molecule has 1 aromatic carbocycles. The first-order chi connectivity index (χ1) is 13.6. The van der Waals surface area contributed by atoms with E-state index < -0.39 is 11.9 Å². The smallest absolute Gasteiger partial charge is 0.331 e. The molecule has 0 bridgehead atoms. The fraction of sp³-hybridized carbons (Fsp3) is 0.560. The second kappa shape index (κ2) is 9.51. The molecule has 0 heterocycles. The Kier molecular flexibility index (Phi) is 7.56. The number of carbonyl (C=O) groups is 1. The highest BCUT2D eigenvalue weighted by Crippen LogP contribution is 2.48. The first-order valence-corrected chi connectivity index (χ1v) is 10.7. The number of hydrogen-bond acceptors (Lipinski definition) is 3. The van der Waals surface area contributed by atoms with Crippen LogP contribution in [0, 0.1) is 5.92 Å². The van der Waals surface area contributed by atoms with Crippen LogP contribution in [-0.2, 0) is 10.2 Å². The Morgan fingerprint density at radius 3 is 2.34 bits per heavy atom. The van der Waals surface area contributed by atoms with Crippen molar-refractivity contribution in [1.29, 1.82) is 0 Å². The minimum atomic E-state index is -1.03. The van der Waals surface area contributed by atoms with Crippen molar-refractivity contribution in [3.8, 4) is 11.5 Å². The Hall–Kier alpha value is -2.23. The first kappa shape index (κ1) is 23.1. The van der Waals surface area contributed by atoms with E-state index in [1.165, 1.54) is 19.3 Å². The zero-order valence-corrected chi connectivity index (χ0v) is 18.3. The zero-order chi connectivity index (χ0) is 21.8. The van der Waals surface area contributed by atoms with Gasteiger partial charge in [0, 0.05) is 23.0 Å². The minimum absolute atomic E-state index is 0.0285. The third-order valence-electron chi connectivity index (χ3n) is 6.38. The summed E-state index contributed by atoms with van der Waals surface area (Å²) in [4.78, 5) is 11.5. The molecule has 0 fully saturated rings. The van der Waals surface area contributed by atoms with Gasteiger partial charge in [0.05, 0.1) is 0 Å². The Bertz CT molecular complexity index is 765. The van der Waals surface area contributed by atoms with E-state index in [9.17, 15) is 20.1 Å². The molecule has 1 aliphatic rings. The zero-order valence-electron chi connectivity index (χ0n) is 18.3. The molecule has 0 saturated heterocycles. The van der Waals surface area contributed by atoms with Gasteiger partial charge in [-0.15, -0.1) is 0 Å². The van der Waals surface area contributed by atoms with Crippen LogP contribution in [-0.4, -0.2) is 21.3 Å². The summed E-state index contributed by atoms with van der Waals surface area (Å²) in [5.74, 6) is -1.71. The Morgan fingerprint density at radius 1 is 1.17 bits per heavy atom. The number of carboxylic acid groups (broad SMARTS) is 1. The van der Waals surface area contributed by atoms with E-state index in [0.29, 0.717) is 12.0 Å². The lowest BCUT2D eigenvalue weighted by Gasteiger charge is -2.32. The van der Waals surface area contributed by atoms with Crippen LogP contribution in [0.15, 0.2) is 35.9 Å². The first-order valence-electron chi connectivity index (χ1n) is 10.7. The number of benzene rings is 1. The predicted molar refractivity (Wildman–Crippen MR) is 118 cm³/mol. The monoisotopic (exact) mass is 400 g/mol. The van der Waals surface area contributed by atoms with Gasteiger partial charge in [-0.05, 0) is 49.3 Å². The lowest BCUT2D eigenvalue weighted by molar-refractivity contribution is -0.133. The van der Waals surface area contributed by atoms with Crippen molar-refractivity contribution in [2.24, 2.45) is 5.92 Å². The maximum absolute atomic E-state index is 11.5. The van der Waals surface area contributed by atoms with Gasteiger partial charge in [-0.2, -0.15) is 0 Å². The van der Waals surface area contributed by atoms with E-state index in [1.54, 1.807) is 12.1 Å². The maximum atomic E-state index is 11.5. The number of aliphatic carboxylic acids is 1. The summed E-state index contributed by atoms with van der Waals surface area (Å²) in [6.45, 7) is 12.2. The summed E-state index contributed by atoms with van der Waals surface area (Å²) in [7, 11) is 0. The average molecular weight is 401 g/mol. The van der Waals surface area contributed by atoms with E-state index >= 15 is 0 Å². The summed E-state index contributed by atoms with van der Waals surface area (Å²) >= 11 is 0. The van der Waals surface area contributed by atoms with Gasteiger partial charge in [0.1, 0.15) is 11.5 Å². The topological polar surface area (TPSA) is 77.8 Å². The molecule has 0 radical (unpaired) electrons. The molecular formula is C25H36O4. The third-order valence-corrected chi connectivity index (χ3v) is 6.38. The molecule has 4 nitrogen and oxygen atoms in total. The van der Waals surface area contributed by atoms with Crippen LogP contribution in [0.3, 0.4) is 0 Å². The van der Waals surface area contributed by atoms with E-state index in [0.717, 1.165) is 30.4 Å². The molecule has 0 aliphatic heterocycles. The minimum Gasteiger partial charge on any atom is -0.507 e. The van der Waals surface area contributed by atoms with Crippen LogP contribution < -0.4 is 0 Å². The summed E-state index contributed by atoms with van der Waals surface area (Å²) in [6.07, 6.45) is 9.07. The predicted octanol–water partition coefficient (Wildman–Crippen LogP) is 6.43. The lowest BCUT2D eigenvalue weighted by Crippen LogP contribution is -2.22. The van der Waals surface area contributed by atoms with Gasteiger partial charge >= 0.3 is 5.97 Å². The molecule has 2 rings (SSSR count). The molecule has 29 heavy (non-hydrogen) atoms. The van der Waals surface area contributed by atoms with Gasteiger partial charge < -0.3 is 15.3 Å². The molecule has 1 aliphatic carbocycles. The summed E-state index contributed by atoms with van der Waals surface area (Å²) in [5.41, 5.74) is 2.39. The van der Waals surface area contributed by atoms with Crippen LogP contribution in [0.25, 0.3) is 0 Å². The van der Waals surface area contributed by atoms with Gasteiger partial charge in [-0.3, -0.25) is 0 Å². The van der Waals surface area contributed by atoms with Gasteiger partial charge in [0.25, 0.3) is 0 Å². The van der Waals surface area contributed by atoms with Crippen molar-refractivity contribution >= 4 is 5.97 Å². The number of phenols is 2. The van der Waals surface area contributed by atoms with Crippen LogP contribution >= 0.6 is 0 Å². The van der Waals surface area contributed by atoms with Gasteiger partial charge in [-0.1, -0.05) is 64.7 Å². The molecular weight excluding hydrogens is 364 g/mol. The average Bonchev–Trinajstić information content (AvgIpc) is 2.64. The van der Waals surface area contributed by atoms with Gasteiger partial charge in [-0.25, -0.2) is 4.79 Å².